The molecule has 136 valence electrons. The van der Waals surface area contributed by atoms with Crippen molar-refractivity contribution >= 4 is 0 Å². The van der Waals surface area contributed by atoms with Gasteiger partial charge in [0.1, 0.15) is 43.2 Å². The summed E-state index contributed by atoms with van der Waals surface area (Å²) < 4.78 is 15.2. The molecule has 0 bridgehead atoms. The van der Waals surface area contributed by atoms with Crippen molar-refractivity contribution in [3.8, 4) is 0 Å². The van der Waals surface area contributed by atoms with Gasteiger partial charge in [0.15, 0.2) is 0 Å². The molecule has 11 heteroatoms. The molecule has 11 nitrogen and oxygen atoms in total. The highest BCUT2D eigenvalue weighted by Crippen LogP contribution is 2.32. The second kappa shape index (κ2) is 6.82. The molecule has 0 spiro atoms. The van der Waals surface area contributed by atoms with Crippen molar-refractivity contribution in [2.75, 3.05) is 26.4 Å². The number of ether oxygens (including phenoxy) is 3. The van der Waals surface area contributed by atoms with Crippen LogP contribution in [0.15, 0.2) is 0 Å². The molecule has 0 amide bonds. The Hall–Kier alpha value is -0.440. The van der Waals surface area contributed by atoms with Gasteiger partial charge in [0.05, 0.1) is 19.8 Å². The summed E-state index contributed by atoms with van der Waals surface area (Å²) in [6.07, 6.45) is -9.51. The summed E-state index contributed by atoms with van der Waals surface area (Å²) >= 11 is 0. The van der Waals surface area contributed by atoms with Gasteiger partial charge in [0, 0.05) is 0 Å². The van der Waals surface area contributed by atoms with Crippen molar-refractivity contribution in [3.63, 3.8) is 0 Å². The Morgan fingerprint density at radius 3 is 2.13 bits per heavy atom. The van der Waals surface area contributed by atoms with E-state index in [1.807, 2.05) is 0 Å². The second-order valence-corrected chi connectivity index (χ2v) is 5.69. The van der Waals surface area contributed by atoms with Gasteiger partial charge in [-0.05, 0) is 0 Å². The summed E-state index contributed by atoms with van der Waals surface area (Å²) in [6.45, 7) is -2.83. The van der Waals surface area contributed by atoms with Gasteiger partial charge in [-0.15, -0.1) is 0 Å². The molecule has 23 heavy (non-hydrogen) atoms. The third kappa shape index (κ3) is 3.23. The summed E-state index contributed by atoms with van der Waals surface area (Å²) in [5, 5.41) is 76.6. The monoisotopic (exact) mass is 342 g/mol. The van der Waals surface area contributed by atoms with Gasteiger partial charge < -0.3 is 55.1 Å². The van der Waals surface area contributed by atoms with Crippen LogP contribution in [0.3, 0.4) is 0 Å². The number of aliphatic hydroxyl groups is 8. The third-order valence-electron chi connectivity index (χ3n) is 4.13. The lowest BCUT2D eigenvalue weighted by Gasteiger charge is -2.44. The normalized spacial score (nSPS) is 51.1. The van der Waals surface area contributed by atoms with Crippen molar-refractivity contribution in [3.05, 3.63) is 0 Å². The molecule has 0 aliphatic carbocycles. The van der Waals surface area contributed by atoms with E-state index >= 15 is 0 Å². The van der Waals surface area contributed by atoms with Crippen molar-refractivity contribution in [1.82, 2.24) is 0 Å². The summed E-state index contributed by atoms with van der Waals surface area (Å²) in [5.74, 6) is -4.45. The molecule has 2 saturated heterocycles. The summed E-state index contributed by atoms with van der Waals surface area (Å²) in [5.41, 5.74) is 0. The SMILES string of the molecule is OC[C@@]1(OC[C@H]2O[C@@](O)(CO)[C@H](O)[C@@H]2O)OC[C@@H](O)[C@@H](O)[C@H]1O. The van der Waals surface area contributed by atoms with Gasteiger partial charge in [0.2, 0.25) is 11.6 Å². The van der Waals surface area contributed by atoms with E-state index in [0.29, 0.717) is 0 Å². The average Bonchev–Trinajstić information content (AvgIpc) is 2.77. The Morgan fingerprint density at radius 1 is 0.957 bits per heavy atom. The van der Waals surface area contributed by atoms with Crippen molar-refractivity contribution in [2.24, 2.45) is 0 Å². The highest BCUT2D eigenvalue weighted by Gasteiger charge is 2.55. The lowest BCUT2D eigenvalue weighted by Crippen LogP contribution is -2.64. The van der Waals surface area contributed by atoms with Crippen LogP contribution in [0.2, 0.25) is 0 Å². The molecule has 8 atom stereocenters. The van der Waals surface area contributed by atoms with Crippen LogP contribution in [0.5, 0.6) is 0 Å². The molecule has 2 fully saturated rings. The lowest BCUT2D eigenvalue weighted by atomic mass is 9.97. The van der Waals surface area contributed by atoms with E-state index in [1.54, 1.807) is 0 Å². The zero-order valence-electron chi connectivity index (χ0n) is 12.1. The van der Waals surface area contributed by atoms with Gasteiger partial charge in [-0.25, -0.2) is 0 Å². The van der Waals surface area contributed by atoms with Crippen LogP contribution in [-0.2, 0) is 14.2 Å². The summed E-state index contributed by atoms with van der Waals surface area (Å²) in [6, 6.07) is 0. The maximum Gasteiger partial charge on any atom is 0.221 e. The minimum atomic E-state index is -2.37. The first-order chi connectivity index (χ1) is 10.7. The number of aliphatic hydroxyl groups excluding tert-OH is 7. The van der Waals surface area contributed by atoms with Gasteiger partial charge in [-0.2, -0.15) is 0 Å². The molecule has 0 radical (unpaired) electrons. The van der Waals surface area contributed by atoms with E-state index in [-0.39, 0.29) is 0 Å². The first-order valence-electron chi connectivity index (χ1n) is 7.01. The van der Waals surface area contributed by atoms with Crippen LogP contribution >= 0.6 is 0 Å². The molecule has 0 aromatic carbocycles. The lowest BCUT2D eigenvalue weighted by molar-refractivity contribution is -0.356. The van der Waals surface area contributed by atoms with Crippen LogP contribution < -0.4 is 0 Å². The van der Waals surface area contributed by atoms with Crippen LogP contribution in [0.4, 0.5) is 0 Å². The number of rotatable bonds is 5. The van der Waals surface area contributed by atoms with Gasteiger partial charge in [-0.1, -0.05) is 0 Å². The number of hydrogen-bond donors (Lipinski definition) is 8. The molecule has 2 aliphatic rings. The molecule has 0 unspecified atom stereocenters. The van der Waals surface area contributed by atoms with E-state index in [4.69, 9.17) is 19.3 Å². The zero-order chi connectivity index (χ0) is 17.4. The Kier molecular flexibility index (Phi) is 5.60. The Balaban J connectivity index is 2.04. The maximum absolute atomic E-state index is 9.94. The highest BCUT2D eigenvalue weighted by atomic mass is 16.7. The van der Waals surface area contributed by atoms with E-state index < -0.39 is 74.6 Å². The summed E-state index contributed by atoms with van der Waals surface area (Å²) in [4.78, 5) is 0. The quantitative estimate of drug-likeness (QED) is 0.238. The largest absolute Gasteiger partial charge is 0.391 e. The van der Waals surface area contributed by atoms with Crippen LogP contribution in [-0.4, -0.2) is 115 Å². The predicted octanol–water partition coefficient (Wildman–Crippen LogP) is -5.39. The minimum absolute atomic E-state index is 0.421. The fraction of sp³-hybridized carbons (Fsp3) is 1.00. The predicted molar refractivity (Wildman–Crippen MR) is 68.7 cm³/mol. The van der Waals surface area contributed by atoms with E-state index in [0.717, 1.165) is 0 Å². The molecule has 8 N–H and O–H groups in total. The maximum atomic E-state index is 9.94. The zero-order valence-corrected chi connectivity index (χ0v) is 12.1. The molecular weight excluding hydrogens is 320 g/mol. The first-order valence-corrected chi connectivity index (χ1v) is 7.01. The molecule has 0 saturated carbocycles. The van der Waals surface area contributed by atoms with Gasteiger partial charge >= 0.3 is 0 Å². The van der Waals surface area contributed by atoms with E-state index in [9.17, 15) is 35.7 Å². The third-order valence-corrected chi connectivity index (χ3v) is 4.13. The Labute approximate surface area is 130 Å². The molecule has 0 aromatic heterocycles. The Bertz CT molecular complexity index is 408. The standard InChI is InChI=1S/C12H22O11/c13-3-11(20)9(18)8(17)6(23-11)2-22-12(4-14)10(19)7(16)5(15)1-21-12/h5-10,13-20H,1-4H2/t5-,6-,7-,8-,9-,10-,11+,12+/m1/s1. The van der Waals surface area contributed by atoms with Gasteiger partial charge in [-0.3, -0.25) is 0 Å². The molecule has 2 rings (SSSR count). The first kappa shape index (κ1) is 18.9. The van der Waals surface area contributed by atoms with Crippen molar-refractivity contribution in [1.29, 1.82) is 0 Å². The van der Waals surface area contributed by atoms with Crippen molar-refractivity contribution in [2.45, 2.75) is 48.2 Å². The summed E-state index contributed by atoms with van der Waals surface area (Å²) in [7, 11) is 0. The van der Waals surface area contributed by atoms with Crippen LogP contribution in [0.1, 0.15) is 0 Å². The molecule has 2 aliphatic heterocycles. The van der Waals surface area contributed by atoms with Crippen LogP contribution in [0, 0.1) is 0 Å². The average molecular weight is 342 g/mol. The van der Waals surface area contributed by atoms with E-state index in [1.165, 1.54) is 0 Å². The topological polar surface area (TPSA) is 190 Å². The van der Waals surface area contributed by atoms with E-state index in [2.05, 4.69) is 0 Å². The second-order valence-electron chi connectivity index (χ2n) is 5.69. The van der Waals surface area contributed by atoms with Crippen LogP contribution in [0.25, 0.3) is 0 Å². The fourth-order valence-electron chi connectivity index (χ4n) is 2.55. The van der Waals surface area contributed by atoms with Gasteiger partial charge in [0.25, 0.3) is 0 Å². The molecule has 2 heterocycles. The molecule has 0 aromatic rings. The smallest absolute Gasteiger partial charge is 0.221 e. The fourth-order valence-corrected chi connectivity index (χ4v) is 2.55. The van der Waals surface area contributed by atoms with Crippen molar-refractivity contribution < 1.29 is 55.1 Å². The minimum Gasteiger partial charge on any atom is -0.391 e. The molecular formula is C12H22O11. The Morgan fingerprint density at radius 2 is 1.61 bits per heavy atom. The number of hydrogen-bond acceptors (Lipinski definition) is 11. The highest BCUT2D eigenvalue weighted by molar-refractivity contribution is 4.97.